The fraction of sp³-hybridized carbons (Fsp3) is 0. The molecule has 0 aromatic heterocycles. The molecule has 0 aliphatic rings. The molecule has 0 radical (unpaired) electrons. The van der Waals surface area contributed by atoms with E-state index in [1.807, 2.05) is 0 Å². The second kappa shape index (κ2) is 25.9. The number of benzene rings is 4. The van der Waals surface area contributed by atoms with E-state index in [-0.39, 0.29) is 22.3 Å². The quantitative estimate of drug-likeness (QED) is 0.134. The molecule has 15 heteroatoms. The van der Waals surface area contributed by atoms with Crippen LogP contribution in [0, 0.1) is 26.3 Å². The van der Waals surface area contributed by atoms with Crippen molar-refractivity contribution in [2.24, 2.45) is 0 Å². The van der Waals surface area contributed by atoms with E-state index in [1.54, 1.807) is 30.3 Å². The summed E-state index contributed by atoms with van der Waals surface area (Å²) in [6.07, 6.45) is 4.09. The van der Waals surface area contributed by atoms with Gasteiger partial charge in [-0.25, -0.2) is 43.5 Å². The minimum absolute atomic E-state index is 0. The van der Waals surface area contributed by atoms with Crippen molar-refractivity contribution in [3.05, 3.63) is 172 Å². The molecule has 0 spiro atoms. The van der Waals surface area contributed by atoms with Crippen molar-refractivity contribution < 1.29 is 39.6 Å². The van der Waals surface area contributed by atoms with E-state index >= 15 is 0 Å². The maximum atomic E-state index is 10.6. The van der Waals surface area contributed by atoms with Gasteiger partial charge in [0.05, 0.1) is 16.7 Å². The van der Waals surface area contributed by atoms with E-state index in [2.05, 4.69) is 13.2 Å². The number of carboxylic acids is 4. The number of aromatic carboxylic acids is 4. The first kappa shape index (κ1) is 51.2. The Kier molecular flexibility index (Phi) is 26.0. The third-order valence-corrected chi connectivity index (χ3v) is 5.85. The SMILES string of the molecule is O=C(O)c1cc(Cl)cc(Cl)c1.O=C(O)c1ccc(Cl)cc1.[CH-]=C.[CH-]=Cc1cc(C=[CH-])cc(C(=O)O)c1.[CH-]=Cc1ccc(C(=O)O)cc1.[Rf].[Rf].[Rf].[Rf]. The van der Waals surface area contributed by atoms with Crippen LogP contribution in [-0.4, -0.2) is 44.3 Å². The summed E-state index contributed by atoms with van der Waals surface area (Å²) in [6.45, 7) is 22.7. The van der Waals surface area contributed by atoms with Crippen LogP contribution in [0.25, 0.3) is 18.2 Å². The van der Waals surface area contributed by atoms with Crippen LogP contribution in [0.1, 0.15) is 58.1 Å². The van der Waals surface area contributed by atoms with Crippen molar-refractivity contribution in [3.63, 3.8) is 0 Å². The van der Waals surface area contributed by atoms with Gasteiger partial charge in [0.1, 0.15) is 0 Å². The molecular formula is C36H27Cl3O8Rf4-4. The first-order valence-corrected chi connectivity index (χ1v) is 13.8. The van der Waals surface area contributed by atoms with Crippen LogP contribution in [0.3, 0.4) is 0 Å². The molecule has 4 rings (SSSR count). The summed E-state index contributed by atoms with van der Waals surface area (Å²) in [5, 5.41) is 35.4. The van der Waals surface area contributed by atoms with Gasteiger partial charge >= 0.3 is 23.9 Å². The van der Waals surface area contributed by atoms with Crippen LogP contribution < -0.4 is 0 Å². The monoisotopic (exact) mass is 1760 g/mol. The molecule has 0 unspecified atom stereocenters. The maximum Gasteiger partial charge on any atom is 0.335 e. The number of hydrogen-bond donors (Lipinski definition) is 4. The molecule has 0 aliphatic carbocycles. The molecule has 4 aromatic carbocycles. The Hall–Kier alpha value is -9.41. The summed E-state index contributed by atoms with van der Waals surface area (Å²) >= 11 is 16.6. The van der Waals surface area contributed by atoms with Crippen molar-refractivity contribution >= 4 is 76.9 Å². The summed E-state index contributed by atoms with van der Waals surface area (Å²) in [6, 6.07) is 21.2. The fourth-order valence-corrected chi connectivity index (χ4v) is 3.65. The minimum Gasteiger partial charge on any atom is -0.521 e. The average molecular weight is 1760 g/mol. The van der Waals surface area contributed by atoms with Gasteiger partial charge in [-0.05, 0) is 42.5 Å². The molecule has 0 amide bonds. The predicted octanol–water partition coefficient (Wildman–Crippen LogP) is 9.44. The molecule has 0 heterocycles. The molecule has 252 valence electrons. The zero-order valence-electron chi connectivity index (χ0n) is 27.2. The predicted molar refractivity (Wildman–Crippen MR) is 185 cm³/mol. The van der Waals surface area contributed by atoms with Crippen LogP contribution >= 0.6 is 34.8 Å². The zero-order chi connectivity index (χ0) is 36.1. The van der Waals surface area contributed by atoms with Gasteiger partial charge < -0.3 is 27.0 Å². The number of hydrogen-bond acceptors (Lipinski definition) is 4. The van der Waals surface area contributed by atoms with E-state index in [4.69, 9.17) is 75.0 Å². The summed E-state index contributed by atoms with van der Waals surface area (Å²) in [5.41, 5.74) is 2.89. The molecular weight excluding hydrogens is 1730 g/mol. The van der Waals surface area contributed by atoms with E-state index in [1.165, 1.54) is 72.8 Å². The van der Waals surface area contributed by atoms with Gasteiger partial charge in [-0.15, -0.1) is 24.3 Å². The third-order valence-electron chi connectivity index (χ3n) is 5.16. The normalized spacial score (nSPS) is 8.29. The molecule has 0 aliphatic heterocycles. The Morgan fingerprint density at radius 3 is 1.02 bits per heavy atom. The average Bonchev–Trinajstić information content (AvgIpc) is 3.06. The van der Waals surface area contributed by atoms with Crippen LogP contribution in [-0.2, 0) is 0 Å². The Bertz CT molecular complexity index is 1670. The molecule has 4 aromatic rings. The summed E-state index contributed by atoms with van der Waals surface area (Å²) in [7, 11) is 0. The number of carbonyl (C=O) groups is 4. The van der Waals surface area contributed by atoms with Crippen molar-refractivity contribution in [3.8, 4) is 0 Å². The second-order valence-corrected chi connectivity index (χ2v) is 9.71. The molecule has 4 N–H and O–H groups in total. The topological polar surface area (TPSA) is 149 Å². The maximum absolute atomic E-state index is 10.6. The fourth-order valence-electron chi connectivity index (χ4n) is 3.00. The Labute approximate surface area is 287 Å². The van der Waals surface area contributed by atoms with E-state index in [0.717, 1.165) is 5.56 Å². The molecule has 0 fully saturated rings. The van der Waals surface area contributed by atoms with Crippen molar-refractivity contribution in [2.75, 3.05) is 0 Å². The van der Waals surface area contributed by atoms with Crippen molar-refractivity contribution in [2.45, 2.75) is 0 Å². The van der Waals surface area contributed by atoms with E-state index < -0.39 is 23.9 Å². The van der Waals surface area contributed by atoms with Crippen LogP contribution in [0.15, 0.2) is 91.5 Å². The van der Waals surface area contributed by atoms with Gasteiger partial charge in [-0.2, -0.15) is 16.7 Å². The number of halogens is 3. The summed E-state index contributed by atoms with van der Waals surface area (Å²) in [5.74, 6) is -3.88. The number of rotatable bonds is 7. The van der Waals surface area contributed by atoms with Crippen molar-refractivity contribution in [1.29, 1.82) is 0 Å². The molecule has 0 bridgehead atoms. The van der Waals surface area contributed by atoms with Gasteiger partial charge in [-0.1, -0.05) is 46.9 Å². The van der Waals surface area contributed by atoms with Gasteiger partial charge in [-0.3, -0.25) is 26.3 Å². The molecule has 0 saturated carbocycles. The van der Waals surface area contributed by atoms with Gasteiger partial charge in [0, 0.05) is 20.6 Å². The van der Waals surface area contributed by atoms with E-state index in [0.29, 0.717) is 26.2 Å². The first-order valence-electron chi connectivity index (χ1n) is 12.7. The van der Waals surface area contributed by atoms with Crippen LogP contribution in [0.2, 0.25) is 15.1 Å². The minimum atomic E-state index is -1.03. The second-order valence-electron chi connectivity index (χ2n) is 8.40. The third kappa shape index (κ3) is 18.9. The smallest absolute Gasteiger partial charge is 0.335 e. The largest absolute Gasteiger partial charge is 0.521 e. The summed E-state index contributed by atoms with van der Waals surface area (Å²) in [4.78, 5) is 41.6. The summed E-state index contributed by atoms with van der Waals surface area (Å²) < 4.78 is 0. The first-order chi connectivity index (χ1) is 22.2. The molecule has 8 nitrogen and oxygen atoms in total. The number of carboxylic acid groups (broad SMARTS) is 4. The van der Waals surface area contributed by atoms with Crippen LogP contribution in [0.4, 0.5) is 0 Å². The van der Waals surface area contributed by atoms with E-state index in [9.17, 15) is 19.2 Å². The van der Waals surface area contributed by atoms with Crippen molar-refractivity contribution in [1.82, 2.24) is 0 Å². The van der Waals surface area contributed by atoms with Gasteiger partial charge in [0.15, 0.2) is 0 Å². The van der Waals surface area contributed by atoms with Gasteiger partial charge in [0.25, 0.3) is 0 Å². The molecule has 0 atom stereocenters. The zero-order valence-corrected chi connectivity index (χ0v) is 55.1. The molecule has 0 saturated heterocycles. The molecule has 51 heavy (non-hydrogen) atoms. The van der Waals surface area contributed by atoms with Crippen LogP contribution in [0.5, 0.6) is 0 Å². The Balaban J connectivity index is -0.000000177. The standard InChI is InChI=1S/C11H8O2.C9H7O2.C7H4Cl2O2.C7H5ClO2.C2H3.4Rf/c1-3-8-5-9(4-2)7-10(6-8)11(12)13;1-2-7-3-5-8(6-4-7)9(10)11;8-5-1-4(7(10)11)2-6(9)3-5;8-6-3-1-5(2-4-6)7(9)10;1-2;;;;/h1-7H,(H,12,13);1-6H,(H,10,11);1-3H,(H,10,11);1-4H,(H,9,10);1H,2H2;;;;/q-2;-1;;;-1;;;;. The van der Waals surface area contributed by atoms with Gasteiger partial charge in [0.2, 0.25) is 0 Å². The Morgan fingerprint density at radius 2 is 0.725 bits per heavy atom. The Morgan fingerprint density at radius 1 is 0.431 bits per heavy atom.